The summed E-state index contributed by atoms with van der Waals surface area (Å²) in [6.07, 6.45) is 14.0. The van der Waals surface area contributed by atoms with E-state index in [0.717, 1.165) is 24.2 Å². The number of rotatable bonds is 0. The van der Waals surface area contributed by atoms with Crippen LogP contribution in [0, 0.1) is 34.5 Å². The summed E-state index contributed by atoms with van der Waals surface area (Å²) >= 11 is 0. The van der Waals surface area contributed by atoms with Crippen molar-refractivity contribution in [2.45, 2.75) is 84.2 Å². The van der Waals surface area contributed by atoms with Gasteiger partial charge in [0.2, 0.25) is 0 Å². The molecule has 4 rings (SSSR count). The molecule has 1 N–H and O–H groups in total. The van der Waals surface area contributed by atoms with E-state index >= 15 is 0 Å². The lowest BCUT2D eigenvalue weighted by Crippen LogP contribution is -2.53. The van der Waals surface area contributed by atoms with Crippen molar-refractivity contribution < 1.29 is 5.11 Å². The van der Waals surface area contributed by atoms with Crippen LogP contribution in [0.15, 0.2) is 0 Å². The van der Waals surface area contributed by atoms with E-state index in [1.54, 1.807) is 0 Å². The van der Waals surface area contributed by atoms with E-state index in [0.29, 0.717) is 16.7 Å². The Morgan fingerprint density at radius 3 is 2.50 bits per heavy atom. The van der Waals surface area contributed by atoms with Crippen molar-refractivity contribution in [2.24, 2.45) is 34.5 Å². The Labute approximate surface area is 124 Å². The minimum atomic E-state index is 0.0107. The van der Waals surface area contributed by atoms with Crippen molar-refractivity contribution in [3.05, 3.63) is 0 Å². The third-order valence-electron chi connectivity index (χ3n) is 8.38. The number of aliphatic hydroxyl groups excluding tert-OH is 1. The Hall–Kier alpha value is -0.0400. The molecule has 4 aliphatic rings. The quantitative estimate of drug-likeness (QED) is 0.675. The summed E-state index contributed by atoms with van der Waals surface area (Å²) in [6.45, 7) is 5.11. The zero-order chi connectivity index (χ0) is 14.0. The molecule has 0 heterocycles. The molecule has 4 saturated carbocycles. The second-order valence-electron chi connectivity index (χ2n) is 9.12. The van der Waals surface area contributed by atoms with Crippen molar-refractivity contribution in [1.29, 1.82) is 0 Å². The van der Waals surface area contributed by atoms with Gasteiger partial charge in [-0.15, -0.1) is 0 Å². The number of hydrogen-bond donors (Lipinski definition) is 1. The molecule has 0 saturated heterocycles. The summed E-state index contributed by atoms with van der Waals surface area (Å²) in [5, 5.41) is 10.6. The minimum Gasteiger partial charge on any atom is -0.393 e. The van der Waals surface area contributed by atoms with Gasteiger partial charge in [0, 0.05) is 0 Å². The van der Waals surface area contributed by atoms with Crippen LogP contribution in [0.5, 0.6) is 0 Å². The molecule has 1 unspecified atom stereocenters. The molecule has 0 aromatic rings. The maximum atomic E-state index is 10.6. The van der Waals surface area contributed by atoms with Crippen LogP contribution in [0.25, 0.3) is 0 Å². The van der Waals surface area contributed by atoms with Gasteiger partial charge in [0.15, 0.2) is 0 Å². The monoisotopic (exact) mass is 276 g/mol. The summed E-state index contributed by atoms with van der Waals surface area (Å²) in [6, 6.07) is 0. The molecule has 0 bridgehead atoms. The largest absolute Gasteiger partial charge is 0.393 e. The molecule has 0 amide bonds. The summed E-state index contributed by atoms with van der Waals surface area (Å²) < 4.78 is 0. The minimum absolute atomic E-state index is 0.0107. The number of fused-ring (bicyclic) bond motifs is 5. The first-order chi connectivity index (χ1) is 9.55. The molecule has 0 radical (unpaired) electrons. The predicted octanol–water partition coefficient (Wildman–Crippen LogP) is 4.78. The lowest BCUT2D eigenvalue weighted by Gasteiger charge is -2.60. The van der Waals surface area contributed by atoms with E-state index in [2.05, 4.69) is 13.8 Å². The summed E-state index contributed by atoms with van der Waals surface area (Å²) in [7, 11) is 0. The van der Waals surface area contributed by atoms with Crippen LogP contribution < -0.4 is 0 Å². The molecule has 0 aromatic heterocycles. The average Bonchev–Trinajstić information content (AvgIpc) is 2.74. The van der Waals surface area contributed by atoms with Gasteiger partial charge < -0.3 is 5.11 Å². The van der Waals surface area contributed by atoms with Crippen molar-refractivity contribution in [3.63, 3.8) is 0 Å². The number of hydrogen-bond acceptors (Lipinski definition) is 1. The molecule has 1 nitrogen and oxygen atoms in total. The molecule has 7 atom stereocenters. The van der Waals surface area contributed by atoms with Gasteiger partial charge in [-0.1, -0.05) is 26.7 Å². The van der Waals surface area contributed by atoms with Gasteiger partial charge in [-0.25, -0.2) is 0 Å². The Bertz CT molecular complexity index is 391. The van der Waals surface area contributed by atoms with E-state index in [4.69, 9.17) is 0 Å². The van der Waals surface area contributed by atoms with Crippen molar-refractivity contribution in [1.82, 2.24) is 0 Å². The van der Waals surface area contributed by atoms with Gasteiger partial charge in [-0.05, 0) is 85.9 Å². The molecular formula is C19H32O. The van der Waals surface area contributed by atoms with Gasteiger partial charge >= 0.3 is 0 Å². The fourth-order valence-electron chi connectivity index (χ4n) is 7.32. The first-order valence-corrected chi connectivity index (χ1v) is 9.23. The van der Waals surface area contributed by atoms with Gasteiger partial charge in [0.05, 0.1) is 6.10 Å². The van der Waals surface area contributed by atoms with Crippen molar-refractivity contribution in [3.8, 4) is 0 Å². The lowest BCUT2D eigenvalue weighted by molar-refractivity contribution is -0.122. The maximum absolute atomic E-state index is 10.6. The molecule has 1 heteroatoms. The second kappa shape index (κ2) is 4.48. The third kappa shape index (κ3) is 1.71. The Balaban J connectivity index is 1.66. The highest BCUT2D eigenvalue weighted by atomic mass is 16.3. The van der Waals surface area contributed by atoms with Gasteiger partial charge in [0.25, 0.3) is 0 Å². The van der Waals surface area contributed by atoms with Crippen LogP contribution >= 0.6 is 0 Å². The number of aliphatic hydroxyl groups is 1. The Kier molecular flexibility index (Phi) is 3.05. The lowest BCUT2D eigenvalue weighted by atomic mass is 9.45. The summed E-state index contributed by atoms with van der Waals surface area (Å²) in [4.78, 5) is 0. The molecule has 20 heavy (non-hydrogen) atoms. The third-order valence-corrected chi connectivity index (χ3v) is 8.38. The van der Waals surface area contributed by atoms with Crippen LogP contribution in [-0.2, 0) is 0 Å². The van der Waals surface area contributed by atoms with Gasteiger partial charge in [0.1, 0.15) is 0 Å². The first kappa shape index (κ1) is 13.6. The topological polar surface area (TPSA) is 20.2 Å². The van der Waals surface area contributed by atoms with E-state index in [9.17, 15) is 5.11 Å². The molecule has 0 aliphatic heterocycles. The van der Waals surface area contributed by atoms with Crippen molar-refractivity contribution >= 4 is 0 Å². The summed E-state index contributed by atoms with van der Waals surface area (Å²) in [5.41, 5.74) is 1.09. The normalized spacial score (nSPS) is 58.6. The first-order valence-electron chi connectivity index (χ1n) is 9.23. The van der Waals surface area contributed by atoms with Crippen LogP contribution in [-0.4, -0.2) is 11.2 Å². The molecule has 0 spiro atoms. The molecule has 114 valence electrons. The average molecular weight is 276 g/mol. The van der Waals surface area contributed by atoms with E-state index < -0.39 is 0 Å². The molecule has 0 aromatic carbocycles. The standard InChI is InChI=1S/C19H32O/c1-18-11-8-15-14(17(18)16(20)9-12-18)7-6-13-5-3-4-10-19(13,15)2/h13-17,20H,3-12H2,1-2H3/t13-,14+,15-,16?,17+,18+,19-/m0/s1. The highest BCUT2D eigenvalue weighted by molar-refractivity contribution is 5.08. The van der Waals surface area contributed by atoms with Gasteiger partial charge in [-0.2, -0.15) is 0 Å². The van der Waals surface area contributed by atoms with E-state index in [-0.39, 0.29) is 6.10 Å². The Morgan fingerprint density at radius 2 is 1.65 bits per heavy atom. The predicted molar refractivity (Wildman–Crippen MR) is 82.4 cm³/mol. The summed E-state index contributed by atoms with van der Waals surface area (Å²) in [5.74, 6) is 3.39. The van der Waals surface area contributed by atoms with Crippen LogP contribution in [0.4, 0.5) is 0 Å². The fourth-order valence-corrected chi connectivity index (χ4v) is 7.32. The Morgan fingerprint density at radius 1 is 0.850 bits per heavy atom. The van der Waals surface area contributed by atoms with E-state index in [1.807, 2.05) is 0 Å². The molecular weight excluding hydrogens is 244 g/mol. The highest BCUT2D eigenvalue weighted by Crippen LogP contribution is 2.66. The highest BCUT2D eigenvalue weighted by Gasteiger charge is 2.59. The second-order valence-corrected chi connectivity index (χ2v) is 9.12. The van der Waals surface area contributed by atoms with Gasteiger partial charge in [-0.3, -0.25) is 0 Å². The van der Waals surface area contributed by atoms with Crippen LogP contribution in [0.2, 0.25) is 0 Å². The van der Waals surface area contributed by atoms with Crippen LogP contribution in [0.1, 0.15) is 78.1 Å². The zero-order valence-electron chi connectivity index (χ0n) is 13.4. The molecule has 4 fully saturated rings. The maximum Gasteiger partial charge on any atom is 0.0576 e. The SMILES string of the molecule is C[C@@]12CCC(O)[C@H]1[C@@H]1CC[C@@H]3CCCC[C@]3(C)[C@H]1CC2. The van der Waals surface area contributed by atoms with Crippen molar-refractivity contribution in [2.75, 3.05) is 0 Å². The zero-order valence-corrected chi connectivity index (χ0v) is 13.4. The fraction of sp³-hybridized carbons (Fsp3) is 1.00. The molecule has 4 aliphatic carbocycles. The van der Waals surface area contributed by atoms with E-state index in [1.165, 1.54) is 57.8 Å². The van der Waals surface area contributed by atoms with Crippen LogP contribution in [0.3, 0.4) is 0 Å². The smallest absolute Gasteiger partial charge is 0.0576 e.